The summed E-state index contributed by atoms with van der Waals surface area (Å²) in [6.07, 6.45) is -4.69. The van der Waals surface area contributed by atoms with Gasteiger partial charge in [-0.15, -0.1) is 0 Å². The topological polar surface area (TPSA) is 92.7 Å². The van der Waals surface area contributed by atoms with E-state index in [4.69, 9.17) is 5.11 Å². The highest BCUT2D eigenvalue weighted by molar-refractivity contribution is 7.89. The van der Waals surface area contributed by atoms with Crippen LogP contribution in [0.3, 0.4) is 0 Å². The van der Waals surface area contributed by atoms with Gasteiger partial charge < -0.3 is 5.11 Å². The van der Waals surface area contributed by atoms with Gasteiger partial charge in [-0.05, 0) is 18.2 Å². The minimum absolute atomic E-state index is 0.321. The van der Waals surface area contributed by atoms with Crippen LogP contribution in [0.15, 0.2) is 29.2 Å². The van der Waals surface area contributed by atoms with Crippen LogP contribution in [0, 0.1) is 0 Å². The largest absolute Gasteiger partial charge is 0.478 e. The zero-order valence-electron chi connectivity index (χ0n) is 9.14. The van der Waals surface area contributed by atoms with Gasteiger partial charge in [0.1, 0.15) is 0 Å². The van der Waals surface area contributed by atoms with Gasteiger partial charge in [-0.1, -0.05) is 11.0 Å². The maximum absolute atomic E-state index is 11.8. The summed E-state index contributed by atoms with van der Waals surface area (Å²) in [5.74, 6) is -1.37. The van der Waals surface area contributed by atoms with Gasteiger partial charge in [0.15, 0.2) is 6.61 Å². The molecule has 0 aliphatic carbocycles. The smallest absolute Gasteiger partial charge is 0.413 e. The lowest BCUT2D eigenvalue weighted by Gasteiger charge is -2.09. The van der Waals surface area contributed by atoms with Crippen molar-refractivity contribution in [2.24, 2.45) is 0 Å². The minimum Gasteiger partial charge on any atom is -0.478 e. The van der Waals surface area contributed by atoms with E-state index in [1.807, 2.05) is 0 Å². The molecule has 106 valence electrons. The first-order valence-electron chi connectivity index (χ1n) is 4.65. The molecule has 0 atom stereocenters. The number of carboxylic acid groups (broad SMARTS) is 1. The maximum Gasteiger partial charge on any atom is 0.413 e. The highest BCUT2D eigenvalue weighted by atomic mass is 32.2. The lowest BCUT2D eigenvalue weighted by molar-refractivity contribution is -0.181. The molecule has 0 spiro atoms. The van der Waals surface area contributed by atoms with Crippen LogP contribution >= 0.6 is 0 Å². The Morgan fingerprint density at radius 2 is 2.00 bits per heavy atom. The second kappa shape index (κ2) is 5.55. The van der Waals surface area contributed by atoms with Gasteiger partial charge in [0.25, 0.3) is 10.0 Å². The predicted octanol–water partition coefficient (Wildman–Crippen LogP) is 1.16. The van der Waals surface area contributed by atoms with Crippen LogP contribution in [0.1, 0.15) is 10.4 Å². The van der Waals surface area contributed by atoms with Crippen LogP contribution < -0.4 is 4.89 Å². The van der Waals surface area contributed by atoms with E-state index in [-0.39, 0.29) is 5.56 Å². The van der Waals surface area contributed by atoms with Gasteiger partial charge in [0, 0.05) is 0 Å². The van der Waals surface area contributed by atoms with E-state index >= 15 is 0 Å². The first-order chi connectivity index (χ1) is 8.62. The van der Waals surface area contributed by atoms with Gasteiger partial charge in [-0.25, -0.2) is 13.2 Å². The number of nitrogens with one attached hydrogen (secondary N) is 1. The van der Waals surface area contributed by atoms with Crippen LogP contribution in [-0.4, -0.2) is 32.3 Å². The van der Waals surface area contributed by atoms with Crippen LogP contribution in [0.2, 0.25) is 0 Å². The van der Waals surface area contributed by atoms with Crippen molar-refractivity contribution in [3.8, 4) is 0 Å². The molecular formula is C9H8F3NO5S. The molecule has 0 saturated carbocycles. The van der Waals surface area contributed by atoms with E-state index in [1.165, 1.54) is 4.89 Å². The predicted molar refractivity (Wildman–Crippen MR) is 55.7 cm³/mol. The van der Waals surface area contributed by atoms with Crippen molar-refractivity contribution < 1.29 is 36.3 Å². The highest BCUT2D eigenvalue weighted by Gasteiger charge is 2.29. The summed E-state index contributed by atoms with van der Waals surface area (Å²) < 4.78 is 58.3. The number of sulfonamides is 1. The Labute approximate surface area is 105 Å². The van der Waals surface area contributed by atoms with Crippen molar-refractivity contribution in [3.05, 3.63) is 29.8 Å². The standard InChI is InChI=1S/C9H8F3NO5S/c10-9(11,12)5-18-13-19(16,17)7-3-1-2-6(4-7)8(14)15/h1-4,13H,5H2,(H,14,15). The van der Waals surface area contributed by atoms with Crippen molar-refractivity contribution in [1.29, 1.82) is 0 Å². The van der Waals surface area contributed by atoms with Crippen molar-refractivity contribution >= 4 is 16.0 Å². The molecule has 1 rings (SSSR count). The first-order valence-corrected chi connectivity index (χ1v) is 6.14. The third kappa shape index (κ3) is 4.85. The highest BCUT2D eigenvalue weighted by Crippen LogP contribution is 2.15. The van der Waals surface area contributed by atoms with E-state index < -0.39 is 33.7 Å². The number of carboxylic acids is 1. The van der Waals surface area contributed by atoms with Crippen molar-refractivity contribution in [1.82, 2.24) is 4.89 Å². The van der Waals surface area contributed by atoms with Crippen LogP contribution in [0.25, 0.3) is 0 Å². The monoisotopic (exact) mass is 299 g/mol. The van der Waals surface area contributed by atoms with E-state index in [2.05, 4.69) is 4.84 Å². The summed E-state index contributed by atoms with van der Waals surface area (Å²) in [5.41, 5.74) is -0.321. The molecule has 0 bridgehead atoms. The van der Waals surface area contributed by atoms with E-state index in [1.54, 1.807) is 0 Å². The Balaban J connectivity index is 2.83. The van der Waals surface area contributed by atoms with Gasteiger partial charge in [-0.3, -0.25) is 4.84 Å². The SMILES string of the molecule is O=C(O)c1cccc(S(=O)(=O)NOCC(F)(F)F)c1. The summed E-state index contributed by atoms with van der Waals surface area (Å²) in [5, 5.41) is 8.66. The Bertz CT molecular complexity index is 569. The molecule has 0 aliphatic rings. The number of hydrogen-bond donors (Lipinski definition) is 2. The van der Waals surface area contributed by atoms with Crippen LogP contribution in [-0.2, 0) is 14.9 Å². The second-order valence-corrected chi connectivity index (χ2v) is 4.97. The third-order valence-electron chi connectivity index (χ3n) is 1.80. The fraction of sp³-hybridized carbons (Fsp3) is 0.222. The quantitative estimate of drug-likeness (QED) is 0.796. The van der Waals surface area contributed by atoms with Crippen LogP contribution in [0.4, 0.5) is 13.2 Å². The molecule has 0 unspecified atom stereocenters. The summed E-state index contributed by atoms with van der Waals surface area (Å²) in [4.78, 5) is 15.2. The minimum atomic E-state index is -4.69. The van der Waals surface area contributed by atoms with E-state index in [9.17, 15) is 26.4 Å². The zero-order valence-corrected chi connectivity index (χ0v) is 9.96. The lowest BCUT2D eigenvalue weighted by Crippen LogP contribution is -2.29. The summed E-state index contributed by atoms with van der Waals surface area (Å²) in [6, 6.07) is 4.09. The summed E-state index contributed by atoms with van der Waals surface area (Å²) >= 11 is 0. The lowest BCUT2D eigenvalue weighted by atomic mass is 10.2. The molecule has 6 nitrogen and oxygen atoms in total. The van der Waals surface area contributed by atoms with Gasteiger partial charge in [0.05, 0.1) is 10.5 Å². The number of benzene rings is 1. The molecule has 0 fully saturated rings. The average molecular weight is 299 g/mol. The van der Waals surface area contributed by atoms with Gasteiger partial charge in [-0.2, -0.15) is 13.2 Å². The van der Waals surface area contributed by atoms with Crippen molar-refractivity contribution in [2.45, 2.75) is 11.1 Å². The molecule has 0 aliphatic heterocycles. The molecule has 2 N–H and O–H groups in total. The third-order valence-corrected chi connectivity index (χ3v) is 3.01. The molecule has 1 aromatic rings. The Morgan fingerprint density at radius 3 is 2.53 bits per heavy atom. The van der Waals surface area contributed by atoms with Crippen molar-refractivity contribution in [2.75, 3.05) is 6.61 Å². The molecule has 0 amide bonds. The number of hydrogen-bond acceptors (Lipinski definition) is 4. The molecule has 0 saturated heterocycles. The molecule has 0 heterocycles. The fourth-order valence-electron chi connectivity index (χ4n) is 1.03. The Morgan fingerprint density at radius 1 is 1.37 bits per heavy atom. The second-order valence-electron chi connectivity index (χ2n) is 3.32. The van der Waals surface area contributed by atoms with Gasteiger partial charge >= 0.3 is 12.1 Å². The van der Waals surface area contributed by atoms with E-state index in [0.29, 0.717) is 0 Å². The number of halogens is 3. The molecule has 0 radical (unpaired) electrons. The molecule has 1 aromatic carbocycles. The van der Waals surface area contributed by atoms with Crippen molar-refractivity contribution in [3.63, 3.8) is 0 Å². The Hall–Kier alpha value is -1.65. The molecule has 19 heavy (non-hydrogen) atoms. The van der Waals surface area contributed by atoms with Crippen LogP contribution in [0.5, 0.6) is 0 Å². The molecule has 10 heteroatoms. The normalized spacial score (nSPS) is 12.4. The average Bonchev–Trinajstić information content (AvgIpc) is 2.27. The van der Waals surface area contributed by atoms with Gasteiger partial charge in [0.2, 0.25) is 0 Å². The zero-order chi connectivity index (χ0) is 14.7. The number of aromatic carboxylic acids is 1. The maximum atomic E-state index is 11.8. The summed E-state index contributed by atoms with van der Waals surface area (Å²) in [7, 11) is -4.37. The molecule has 0 aromatic heterocycles. The fourth-order valence-corrected chi connectivity index (χ4v) is 1.88. The van der Waals surface area contributed by atoms with E-state index in [0.717, 1.165) is 24.3 Å². The first kappa shape index (κ1) is 15.4. The molecular weight excluding hydrogens is 291 g/mol. The number of alkyl halides is 3. The number of carbonyl (C=O) groups is 1. The summed E-state index contributed by atoms with van der Waals surface area (Å²) in [6.45, 7) is -1.80. The number of rotatable bonds is 5. The Kier molecular flexibility index (Phi) is 4.50.